The highest BCUT2D eigenvalue weighted by Gasteiger charge is 2.43. The van der Waals surface area contributed by atoms with Crippen LogP contribution in [-0.2, 0) is 83.1 Å². The number of likely N-dealkylation sites (tertiary alicyclic amines) is 1. The van der Waals surface area contributed by atoms with Crippen LogP contribution in [0.5, 0.6) is 5.75 Å². The molecule has 17 atom stereocenters. The molecule has 626 valence electrons. The van der Waals surface area contributed by atoms with Crippen molar-refractivity contribution in [3.8, 4) is 5.75 Å². The number of amides is 15. The Hall–Kier alpha value is -9.82. The van der Waals surface area contributed by atoms with Crippen LogP contribution in [0.4, 0.5) is 0 Å². The van der Waals surface area contributed by atoms with E-state index >= 15 is 0 Å². The van der Waals surface area contributed by atoms with Gasteiger partial charge in [-0.3, -0.25) is 71.9 Å². The average Bonchev–Trinajstić information content (AvgIpc) is 1.74. The van der Waals surface area contributed by atoms with Gasteiger partial charge < -0.3 is 136 Å². The number of aliphatic carboxylic acids is 1. The van der Waals surface area contributed by atoms with Crippen LogP contribution in [0.3, 0.4) is 0 Å². The van der Waals surface area contributed by atoms with Gasteiger partial charge in [-0.25, -0.2) is 4.79 Å². The number of aliphatic hydroxyl groups is 8. The zero-order valence-electron chi connectivity index (χ0n) is 64.2. The normalized spacial score (nSPS) is 17.1. The second kappa shape index (κ2) is 47.4. The number of rotatable bonds is 47. The number of carboxylic acid groups (broad SMARTS) is 1. The molecule has 1 aromatic rings. The topological polar surface area (TPSA) is 673 Å². The molecule has 15 amide bonds. The van der Waals surface area contributed by atoms with Crippen LogP contribution in [0.2, 0.25) is 0 Å². The monoisotopic (exact) mass is 1580 g/mol. The second-order valence-electron chi connectivity index (χ2n) is 28.8. The number of phenols is 1. The molecular weight excluding hydrogens is 1470 g/mol. The van der Waals surface area contributed by atoms with Gasteiger partial charge in [0.05, 0.1) is 64.4 Å². The number of aliphatic hydroxyl groups excluding tert-OH is 8. The van der Waals surface area contributed by atoms with Crippen molar-refractivity contribution in [1.82, 2.24) is 79.3 Å². The lowest BCUT2D eigenvalue weighted by Crippen LogP contribution is -2.64. The van der Waals surface area contributed by atoms with Gasteiger partial charge in [-0.1, -0.05) is 81.4 Å². The number of carbonyl (C=O) groups excluding carboxylic acids is 15. The number of hydrogen-bond donors (Lipinski definition) is 25. The summed E-state index contributed by atoms with van der Waals surface area (Å²) in [5.74, 6) is -20.5. The zero-order valence-corrected chi connectivity index (χ0v) is 64.2. The highest BCUT2D eigenvalue weighted by molar-refractivity contribution is 6.01. The summed E-state index contributed by atoms with van der Waals surface area (Å²) < 4.78 is 0. The van der Waals surface area contributed by atoms with E-state index in [4.69, 9.17) is 5.73 Å². The highest BCUT2D eigenvalue weighted by atomic mass is 16.4. The van der Waals surface area contributed by atoms with Crippen LogP contribution < -0.4 is 80.2 Å². The van der Waals surface area contributed by atoms with E-state index in [0.717, 1.165) is 18.7 Å². The lowest BCUT2D eigenvalue weighted by Gasteiger charge is -2.33. The molecule has 0 bridgehead atoms. The third-order valence-corrected chi connectivity index (χ3v) is 17.4. The molecule has 0 unspecified atom stereocenters. The second-order valence-corrected chi connectivity index (χ2v) is 28.8. The van der Waals surface area contributed by atoms with E-state index in [1.165, 1.54) is 65.8 Å². The van der Waals surface area contributed by atoms with Crippen molar-refractivity contribution < 1.29 is 128 Å². The molecule has 1 aromatic carbocycles. The Morgan fingerprint density at radius 2 is 0.730 bits per heavy atom. The first-order valence-electron chi connectivity index (χ1n) is 36.2. The first-order chi connectivity index (χ1) is 51.9. The Morgan fingerprint density at radius 1 is 0.405 bits per heavy atom. The van der Waals surface area contributed by atoms with Gasteiger partial charge in [0.25, 0.3) is 0 Å². The molecule has 0 spiro atoms. The molecule has 1 fully saturated rings. The van der Waals surface area contributed by atoms with Crippen LogP contribution >= 0.6 is 0 Å². The number of hydrogen-bond acceptors (Lipinski definition) is 26. The van der Waals surface area contributed by atoms with Gasteiger partial charge in [0, 0.05) is 6.54 Å². The van der Waals surface area contributed by atoms with E-state index in [9.17, 15) is 128 Å². The predicted octanol–water partition coefficient (Wildman–Crippen LogP) is -10.5. The smallest absolute Gasteiger partial charge is 0.328 e. The Bertz CT molecular complexity index is 3340. The van der Waals surface area contributed by atoms with E-state index in [1.54, 1.807) is 27.7 Å². The summed E-state index contributed by atoms with van der Waals surface area (Å²) in [5, 5.41) is 133. The largest absolute Gasteiger partial charge is 0.508 e. The van der Waals surface area contributed by atoms with Crippen molar-refractivity contribution in [2.24, 2.45) is 35.3 Å². The van der Waals surface area contributed by atoms with Gasteiger partial charge in [-0.2, -0.15) is 0 Å². The number of carbonyl (C=O) groups is 16. The van der Waals surface area contributed by atoms with Gasteiger partial charge in [0.15, 0.2) is 6.04 Å². The van der Waals surface area contributed by atoms with E-state index in [2.05, 4.69) is 69.1 Å². The van der Waals surface area contributed by atoms with Gasteiger partial charge in [-0.15, -0.1) is 0 Å². The Balaban J connectivity index is 2.19. The summed E-state index contributed by atoms with van der Waals surface area (Å²) in [6, 6.07) is -18.6. The molecule has 0 aliphatic carbocycles. The fraction of sp³-hybridized carbons (Fsp3) is 0.681. The maximum atomic E-state index is 14.4. The number of aromatic hydroxyl groups is 1. The van der Waals surface area contributed by atoms with Crippen molar-refractivity contribution in [2.45, 2.75) is 218 Å². The molecule has 0 aromatic heterocycles. The van der Waals surface area contributed by atoms with Crippen molar-refractivity contribution in [3.63, 3.8) is 0 Å². The summed E-state index contributed by atoms with van der Waals surface area (Å²) in [5.41, 5.74) is 6.60. The molecule has 0 saturated carbocycles. The van der Waals surface area contributed by atoms with Crippen LogP contribution in [0.15, 0.2) is 24.3 Å². The van der Waals surface area contributed by atoms with Gasteiger partial charge in [0.2, 0.25) is 88.6 Å². The standard InChI is InChI=1S/C69H114N16O26/c1-30(2)20-40(56(97)71-23-49(95)80-54(36(12)93)69(110)111)72-59(100)43(25-87)76-61(102)45(27-89)77-62(103)46(28-90)79-64(105)48-14-13-19-85(48)68(109)52(34(9)10)83-67(108)53(35(11)92)84-66(107)51(33(7)8)82-65(106)50(32(5)6)81-63(104)47(29-91)78-60(101)44(26-88)75-57(98)41(21-31(3)4)73-58(99)42(24-86)74-55(96)39(70)22-37-15-17-38(94)18-16-37/h15-18,30-36,39-48,50-54,86-94H,13-14,19-29,70H2,1-12H3,(H,71,97)(H,72,100)(H,73,99)(H,74,96)(H,75,98)(H,76,102)(H,77,103)(H,78,101)(H,79,105)(H,80,95)(H,81,104)(H,82,106)(H,83,108)(H,84,107)(H,110,111)/t35-,36-,39+,40+,41+,42+,43+,44+,45+,46+,47+,48+,50+,51+,52+,53+,54+/m1/s1. The number of carboxylic acids is 1. The Kier molecular flexibility index (Phi) is 41.5. The molecule has 26 N–H and O–H groups in total. The highest BCUT2D eigenvalue weighted by Crippen LogP contribution is 2.22. The van der Waals surface area contributed by atoms with E-state index in [-0.39, 0.29) is 56.2 Å². The molecule has 1 saturated heterocycles. The summed E-state index contributed by atoms with van der Waals surface area (Å²) in [7, 11) is 0. The lowest BCUT2D eigenvalue weighted by molar-refractivity contribution is -0.144. The molecule has 42 nitrogen and oxygen atoms in total. The van der Waals surface area contributed by atoms with Crippen molar-refractivity contribution in [1.29, 1.82) is 0 Å². The van der Waals surface area contributed by atoms with Crippen molar-refractivity contribution >= 4 is 94.6 Å². The summed E-state index contributed by atoms with van der Waals surface area (Å²) >= 11 is 0. The van der Waals surface area contributed by atoms with Crippen LogP contribution in [-0.4, -0.2) is 306 Å². The molecule has 1 aliphatic rings. The van der Waals surface area contributed by atoms with Crippen LogP contribution in [0.25, 0.3) is 0 Å². The Morgan fingerprint density at radius 3 is 1.10 bits per heavy atom. The fourth-order valence-corrected chi connectivity index (χ4v) is 11.1. The number of nitrogens with two attached hydrogens (primary N) is 1. The van der Waals surface area contributed by atoms with Gasteiger partial charge in [0.1, 0.15) is 84.3 Å². The molecule has 1 aliphatic heterocycles. The van der Waals surface area contributed by atoms with E-state index in [1.807, 2.05) is 5.32 Å². The fourth-order valence-electron chi connectivity index (χ4n) is 11.1. The quantitative estimate of drug-likeness (QED) is 0.0288. The van der Waals surface area contributed by atoms with Crippen LogP contribution in [0, 0.1) is 29.6 Å². The SMILES string of the molecule is CC(C)C[C@H](NC(=O)[C@H](CO)NC(=O)[C@H](CO)NC(=O)[C@H](CO)NC(=O)[C@@H]1CCCN1C(=O)[C@@H](NC(=O)[C@@H](NC(=O)[C@@H](NC(=O)[C@@H](NC(=O)[C@H](CO)NC(=O)[C@H](CO)NC(=O)[C@H](CC(C)C)NC(=O)[C@H](CO)NC(=O)[C@@H](N)Cc1ccc(O)cc1)C(C)C)C(C)C)[C@@H](C)O)C(C)C)C(=O)NCC(=O)N[C@H](C(=O)O)[C@@H](C)O. The minimum Gasteiger partial charge on any atom is -0.508 e. The lowest BCUT2D eigenvalue weighted by atomic mass is 9.98. The third kappa shape index (κ3) is 31.5. The summed E-state index contributed by atoms with van der Waals surface area (Å²) in [6.45, 7) is 10.5. The van der Waals surface area contributed by atoms with Crippen molar-refractivity contribution in [3.05, 3.63) is 29.8 Å². The number of nitrogens with zero attached hydrogens (tertiary/aromatic N) is 1. The maximum absolute atomic E-state index is 14.4. The minimum atomic E-state index is -1.92. The molecular formula is C69H114N16O26. The minimum absolute atomic E-state index is 0.0155. The zero-order chi connectivity index (χ0) is 84.6. The van der Waals surface area contributed by atoms with Gasteiger partial charge >= 0.3 is 5.97 Å². The van der Waals surface area contributed by atoms with Gasteiger partial charge in [-0.05, 0) is 93.2 Å². The maximum Gasteiger partial charge on any atom is 0.328 e. The molecule has 111 heavy (non-hydrogen) atoms. The summed E-state index contributed by atoms with van der Waals surface area (Å²) in [6.07, 6.45) is -3.19. The average molecular weight is 1580 g/mol. The molecule has 42 heteroatoms. The van der Waals surface area contributed by atoms with E-state index in [0.29, 0.717) is 5.56 Å². The number of nitrogens with one attached hydrogen (secondary N) is 14. The molecule has 1 heterocycles. The first kappa shape index (κ1) is 97.3. The molecule has 0 radical (unpaired) electrons. The Labute approximate surface area is 641 Å². The predicted molar refractivity (Wildman–Crippen MR) is 390 cm³/mol. The van der Waals surface area contributed by atoms with Crippen molar-refractivity contribution in [2.75, 3.05) is 52.7 Å². The number of phenolic OH excluding ortho intramolecular Hbond substituents is 1. The molecule has 2 rings (SSSR count). The number of benzene rings is 1. The summed E-state index contributed by atoms with van der Waals surface area (Å²) in [4.78, 5) is 216. The van der Waals surface area contributed by atoms with Crippen LogP contribution in [0.1, 0.15) is 114 Å². The third-order valence-electron chi connectivity index (χ3n) is 17.4. The first-order valence-corrected chi connectivity index (χ1v) is 36.2. The van der Waals surface area contributed by atoms with E-state index < -0.39 is 261 Å².